The van der Waals surface area contributed by atoms with Gasteiger partial charge in [0.1, 0.15) is 0 Å². The molecule has 1 heterocycles. The lowest BCUT2D eigenvalue weighted by atomic mass is 10.1. The van der Waals surface area contributed by atoms with Crippen LogP contribution in [0.3, 0.4) is 0 Å². The molecule has 86 valence electrons. The molecule has 0 N–H and O–H groups in total. The number of hydrogen-bond acceptors (Lipinski definition) is 3. The second kappa shape index (κ2) is 6.43. The minimum absolute atomic E-state index is 0.0859. The lowest BCUT2D eigenvalue weighted by molar-refractivity contribution is -0.145. The first-order chi connectivity index (χ1) is 7.24. The molecule has 1 fully saturated rings. The Kier molecular flexibility index (Phi) is 5.15. The van der Waals surface area contributed by atoms with E-state index in [1.807, 2.05) is 4.90 Å². The molecule has 15 heavy (non-hydrogen) atoms. The van der Waals surface area contributed by atoms with Crippen LogP contribution in [0.4, 0.5) is 0 Å². The Bertz CT molecular complexity index is 222. The first kappa shape index (κ1) is 12.0. The van der Waals surface area contributed by atoms with Gasteiger partial charge in [0, 0.05) is 19.5 Å². The highest BCUT2D eigenvalue weighted by atomic mass is 16.5. The predicted octanol–water partition coefficient (Wildman–Crippen LogP) is 1.34. The Morgan fingerprint density at radius 1 is 1.13 bits per heavy atom. The van der Waals surface area contributed by atoms with Crippen molar-refractivity contribution in [3.63, 3.8) is 0 Å². The zero-order valence-corrected chi connectivity index (χ0v) is 9.33. The summed E-state index contributed by atoms with van der Waals surface area (Å²) < 4.78 is 4.77. The number of nitrogens with zero attached hydrogens (tertiary/aromatic N) is 1. The molecule has 4 nitrogen and oxygen atoms in total. The molecule has 4 heteroatoms. The zero-order chi connectivity index (χ0) is 11.1. The molecule has 1 amide bonds. The summed E-state index contributed by atoms with van der Waals surface area (Å²) in [4.78, 5) is 24.5. The van der Waals surface area contributed by atoms with Crippen molar-refractivity contribution in [2.24, 2.45) is 0 Å². The van der Waals surface area contributed by atoms with Crippen LogP contribution in [0.25, 0.3) is 0 Å². The number of hydrogen-bond donors (Lipinski definition) is 0. The lowest BCUT2D eigenvalue weighted by Gasteiger charge is -2.26. The largest absolute Gasteiger partial charge is 0.466 e. The van der Waals surface area contributed by atoms with Gasteiger partial charge in [-0.1, -0.05) is 0 Å². The minimum Gasteiger partial charge on any atom is -0.466 e. The molecule has 0 aromatic carbocycles. The third-order valence-corrected chi connectivity index (χ3v) is 2.56. The van der Waals surface area contributed by atoms with Crippen molar-refractivity contribution in [2.75, 3.05) is 19.7 Å². The molecule has 0 aromatic rings. The standard InChI is InChI=1S/C11H19NO3/c1-2-15-11(14)7-6-10(13)12-8-4-3-5-9-12/h2-9H2,1H3. The van der Waals surface area contributed by atoms with Crippen molar-refractivity contribution in [3.05, 3.63) is 0 Å². The maximum atomic E-state index is 11.6. The van der Waals surface area contributed by atoms with Gasteiger partial charge in [-0.15, -0.1) is 0 Å². The van der Waals surface area contributed by atoms with Crippen LogP contribution in [0.5, 0.6) is 0 Å². The molecule has 0 saturated carbocycles. The first-order valence-corrected chi connectivity index (χ1v) is 5.67. The molecule has 0 spiro atoms. The molecule has 1 aliphatic heterocycles. The number of amides is 1. The third-order valence-electron chi connectivity index (χ3n) is 2.56. The molecule has 0 aliphatic carbocycles. The molecule has 0 atom stereocenters. The van der Waals surface area contributed by atoms with Crippen LogP contribution in [0.2, 0.25) is 0 Å². The molecular formula is C11H19NO3. The van der Waals surface area contributed by atoms with Crippen LogP contribution < -0.4 is 0 Å². The van der Waals surface area contributed by atoms with E-state index in [9.17, 15) is 9.59 Å². The second-order valence-electron chi connectivity index (χ2n) is 3.75. The van der Waals surface area contributed by atoms with Crippen LogP contribution in [0, 0.1) is 0 Å². The van der Waals surface area contributed by atoms with Crippen molar-refractivity contribution in [3.8, 4) is 0 Å². The van der Waals surface area contributed by atoms with Crippen molar-refractivity contribution in [1.29, 1.82) is 0 Å². The van der Waals surface area contributed by atoms with Crippen molar-refractivity contribution in [1.82, 2.24) is 4.90 Å². The van der Waals surface area contributed by atoms with Crippen molar-refractivity contribution in [2.45, 2.75) is 39.0 Å². The van der Waals surface area contributed by atoms with E-state index in [1.165, 1.54) is 6.42 Å². The highest BCUT2D eigenvalue weighted by molar-refractivity contribution is 5.81. The summed E-state index contributed by atoms with van der Waals surface area (Å²) in [6.45, 7) is 3.85. The average molecular weight is 213 g/mol. The molecule has 0 radical (unpaired) electrons. The molecule has 0 bridgehead atoms. The highest BCUT2D eigenvalue weighted by Gasteiger charge is 2.17. The summed E-state index contributed by atoms with van der Waals surface area (Å²) in [5, 5.41) is 0. The summed E-state index contributed by atoms with van der Waals surface area (Å²) in [5.41, 5.74) is 0. The van der Waals surface area contributed by atoms with Crippen molar-refractivity contribution < 1.29 is 14.3 Å². The Morgan fingerprint density at radius 3 is 2.40 bits per heavy atom. The number of carbonyl (C=O) groups is 2. The maximum absolute atomic E-state index is 11.6. The Labute approximate surface area is 90.6 Å². The van der Waals surface area contributed by atoms with Crippen LogP contribution in [0.15, 0.2) is 0 Å². The number of piperidine rings is 1. The molecule has 1 saturated heterocycles. The van der Waals surface area contributed by atoms with Gasteiger partial charge in [0.25, 0.3) is 0 Å². The van der Waals surface area contributed by atoms with Crippen molar-refractivity contribution >= 4 is 11.9 Å². The normalized spacial score (nSPS) is 16.2. The van der Waals surface area contributed by atoms with Gasteiger partial charge in [-0.2, -0.15) is 0 Å². The Balaban J connectivity index is 2.19. The number of likely N-dealkylation sites (tertiary alicyclic amines) is 1. The minimum atomic E-state index is -0.275. The number of esters is 1. The van der Waals surface area contributed by atoms with Gasteiger partial charge in [0.15, 0.2) is 0 Å². The number of rotatable bonds is 4. The fraction of sp³-hybridized carbons (Fsp3) is 0.818. The summed E-state index contributed by atoms with van der Waals surface area (Å²) in [5.74, 6) is -0.189. The summed E-state index contributed by atoms with van der Waals surface area (Å²) in [6, 6.07) is 0. The third kappa shape index (κ3) is 4.32. The molecular weight excluding hydrogens is 194 g/mol. The smallest absolute Gasteiger partial charge is 0.306 e. The molecule has 1 aliphatic rings. The van der Waals surface area contributed by atoms with Crippen LogP contribution >= 0.6 is 0 Å². The second-order valence-corrected chi connectivity index (χ2v) is 3.75. The number of carbonyl (C=O) groups excluding carboxylic acids is 2. The fourth-order valence-electron chi connectivity index (χ4n) is 1.74. The maximum Gasteiger partial charge on any atom is 0.306 e. The SMILES string of the molecule is CCOC(=O)CCC(=O)N1CCCCC1. The van der Waals surface area contributed by atoms with Gasteiger partial charge >= 0.3 is 5.97 Å². The summed E-state index contributed by atoms with van der Waals surface area (Å²) in [7, 11) is 0. The molecule has 1 rings (SSSR count). The van der Waals surface area contributed by atoms with Gasteiger partial charge in [-0.3, -0.25) is 9.59 Å². The predicted molar refractivity (Wildman–Crippen MR) is 56.3 cm³/mol. The van der Waals surface area contributed by atoms with Gasteiger partial charge in [-0.25, -0.2) is 0 Å². The van der Waals surface area contributed by atoms with E-state index in [1.54, 1.807) is 6.92 Å². The van der Waals surface area contributed by atoms with Gasteiger partial charge in [0.05, 0.1) is 13.0 Å². The summed E-state index contributed by atoms with van der Waals surface area (Å²) in [6.07, 6.45) is 3.89. The van der Waals surface area contributed by atoms with E-state index in [-0.39, 0.29) is 18.3 Å². The highest BCUT2D eigenvalue weighted by Crippen LogP contribution is 2.10. The van der Waals surface area contributed by atoms with Gasteiger partial charge in [0.2, 0.25) is 5.91 Å². The first-order valence-electron chi connectivity index (χ1n) is 5.67. The van der Waals surface area contributed by atoms with E-state index < -0.39 is 0 Å². The number of ether oxygens (including phenoxy) is 1. The van der Waals surface area contributed by atoms with Gasteiger partial charge < -0.3 is 9.64 Å². The fourth-order valence-corrected chi connectivity index (χ4v) is 1.74. The van der Waals surface area contributed by atoms with Crippen LogP contribution in [-0.4, -0.2) is 36.5 Å². The van der Waals surface area contributed by atoms with Crippen LogP contribution in [0.1, 0.15) is 39.0 Å². The van der Waals surface area contributed by atoms with E-state index in [2.05, 4.69) is 0 Å². The quantitative estimate of drug-likeness (QED) is 0.662. The average Bonchev–Trinajstić information content (AvgIpc) is 2.27. The zero-order valence-electron chi connectivity index (χ0n) is 9.33. The van der Waals surface area contributed by atoms with E-state index in [4.69, 9.17) is 4.74 Å². The van der Waals surface area contributed by atoms with Crippen LogP contribution in [-0.2, 0) is 14.3 Å². The monoisotopic (exact) mass is 213 g/mol. The molecule has 0 unspecified atom stereocenters. The van der Waals surface area contributed by atoms with E-state index >= 15 is 0 Å². The van der Waals surface area contributed by atoms with Gasteiger partial charge in [-0.05, 0) is 26.2 Å². The molecule has 0 aromatic heterocycles. The summed E-state index contributed by atoms with van der Waals surface area (Å²) >= 11 is 0. The topological polar surface area (TPSA) is 46.6 Å². The van der Waals surface area contributed by atoms with E-state index in [0.29, 0.717) is 13.0 Å². The lowest BCUT2D eigenvalue weighted by Crippen LogP contribution is -2.35. The Hall–Kier alpha value is -1.06. The Morgan fingerprint density at radius 2 is 1.80 bits per heavy atom. The van der Waals surface area contributed by atoms with E-state index in [0.717, 1.165) is 25.9 Å².